The number of nitrogens with zero attached hydrogens (tertiary/aromatic N) is 1. The van der Waals surface area contributed by atoms with E-state index in [-0.39, 0.29) is 6.10 Å². The van der Waals surface area contributed by atoms with Crippen LogP contribution in [0, 0.1) is 0 Å². The van der Waals surface area contributed by atoms with Crippen molar-refractivity contribution >= 4 is 0 Å². The van der Waals surface area contributed by atoms with Gasteiger partial charge in [0.1, 0.15) is 5.75 Å². The first-order valence-corrected chi connectivity index (χ1v) is 7.26. The van der Waals surface area contributed by atoms with Crippen molar-refractivity contribution < 1.29 is 9.47 Å². The Balaban J connectivity index is 2.31. The van der Waals surface area contributed by atoms with E-state index in [2.05, 4.69) is 43.2 Å². The fraction of sp³-hybridized carbons (Fsp3) is 0.625. The minimum absolute atomic E-state index is 0.205. The summed E-state index contributed by atoms with van der Waals surface area (Å²) in [6, 6.07) is 8.20. The van der Waals surface area contributed by atoms with E-state index in [0.29, 0.717) is 0 Å². The first-order chi connectivity index (χ1) is 9.63. The van der Waals surface area contributed by atoms with Crippen LogP contribution in [0.3, 0.4) is 0 Å². The van der Waals surface area contributed by atoms with E-state index >= 15 is 0 Å². The molecule has 0 fully saturated rings. The third-order valence-corrected chi connectivity index (χ3v) is 3.00. The van der Waals surface area contributed by atoms with Gasteiger partial charge in [-0.15, -0.1) is 0 Å². The van der Waals surface area contributed by atoms with Crippen molar-refractivity contribution in [2.24, 2.45) is 0 Å². The van der Waals surface area contributed by atoms with Gasteiger partial charge in [0, 0.05) is 38.9 Å². The van der Waals surface area contributed by atoms with Crippen molar-refractivity contribution in [1.82, 2.24) is 10.2 Å². The summed E-state index contributed by atoms with van der Waals surface area (Å²) < 4.78 is 10.9. The molecule has 0 aromatic heterocycles. The summed E-state index contributed by atoms with van der Waals surface area (Å²) in [5, 5.41) is 3.46. The summed E-state index contributed by atoms with van der Waals surface area (Å²) in [5.74, 6) is 0.975. The van der Waals surface area contributed by atoms with Crippen molar-refractivity contribution in [2.75, 3.05) is 40.4 Å². The molecule has 0 saturated heterocycles. The molecular weight excluding hydrogens is 252 g/mol. The Morgan fingerprint density at radius 2 is 1.95 bits per heavy atom. The second-order valence-electron chi connectivity index (χ2n) is 5.25. The Morgan fingerprint density at radius 3 is 2.65 bits per heavy atom. The predicted octanol–water partition coefficient (Wildman–Crippen LogP) is 2.14. The molecule has 0 aliphatic rings. The van der Waals surface area contributed by atoms with Crippen LogP contribution in [-0.4, -0.2) is 51.4 Å². The average Bonchev–Trinajstić information content (AvgIpc) is 2.42. The number of rotatable bonds is 10. The smallest absolute Gasteiger partial charge is 0.124 e. The summed E-state index contributed by atoms with van der Waals surface area (Å²) in [4.78, 5) is 2.26. The number of hydrogen-bond acceptors (Lipinski definition) is 4. The molecule has 1 N–H and O–H groups in total. The Labute approximate surface area is 123 Å². The molecule has 1 aromatic rings. The number of ether oxygens (including phenoxy) is 2. The zero-order chi connectivity index (χ0) is 14.8. The molecule has 114 valence electrons. The van der Waals surface area contributed by atoms with Gasteiger partial charge in [-0.2, -0.15) is 0 Å². The zero-order valence-electron chi connectivity index (χ0n) is 13.2. The van der Waals surface area contributed by atoms with Crippen LogP contribution in [-0.2, 0) is 11.3 Å². The van der Waals surface area contributed by atoms with Crippen LogP contribution in [0.4, 0.5) is 0 Å². The SMILES string of the molecule is COCCN(C)CCNCc1ccccc1OC(C)C. The van der Waals surface area contributed by atoms with Crippen molar-refractivity contribution in [2.45, 2.75) is 26.5 Å². The maximum absolute atomic E-state index is 5.81. The predicted molar refractivity (Wildman–Crippen MR) is 83.3 cm³/mol. The highest BCUT2D eigenvalue weighted by molar-refractivity contribution is 5.33. The van der Waals surface area contributed by atoms with Crippen molar-refractivity contribution in [3.05, 3.63) is 29.8 Å². The van der Waals surface area contributed by atoms with Crippen LogP contribution in [0.25, 0.3) is 0 Å². The van der Waals surface area contributed by atoms with E-state index in [9.17, 15) is 0 Å². The highest BCUT2D eigenvalue weighted by Crippen LogP contribution is 2.18. The number of benzene rings is 1. The molecule has 4 nitrogen and oxygen atoms in total. The highest BCUT2D eigenvalue weighted by Gasteiger charge is 2.04. The van der Waals surface area contributed by atoms with Crippen LogP contribution in [0.1, 0.15) is 19.4 Å². The molecule has 0 saturated carbocycles. The van der Waals surface area contributed by atoms with Crippen molar-refractivity contribution in [3.63, 3.8) is 0 Å². The molecule has 0 spiro atoms. The zero-order valence-corrected chi connectivity index (χ0v) is 13.2. The van der Waals surface area contributed by atoms with Gasteiger partial charge in [0.15, 0.2) is 0 Å². The third-order valence-electron chi connectivity index (χ3n) is 3.00. The van der Waals surface area contributed by atoms with Crippen LogP contribution in [0.2, 0.25) is 0 Å². The van der Waals surface area contributed by atoms with Gasteiger partial charge in [-0.1, -0.05) is 18.2 Å². The first kappa shape index (κ1) is 17.0. The fourth-order valence-corrected chi connectivity index (χ4v) is 1.87. The molecule has 0 aliphatic carbocycles. The van der Waals surface area contributed by atoms with Gasteiger partial charge in [0.05, 0.1) is 12.7 Å². The Bertz CT molecular complexity index is 369. The molecule has 0 radical (unpaired) electrons. The summed E-state index contributed by atoms with van der Waals surface area (Å²) >= 11 is 0. The quantitative estimate of drug-likeness (QED) is 0.666. The molecule has 0 atom stereocenters. The number of nitrogens with one attached hydrogen (secondary N) is 1. The minimum Gasteiger partial charge on any atom is -0.491 e. The largest absolute Gasteiger partial charge is 0.491 e. The summed E-state index contributed by atoms with van der Waals surface area (Å²) in [7, 11) is 3.84. The van der Waals surface area contributed by atoms with Gasteiger partial charge in [0.25, 0.3) is 0 Å². The molecule has 0 aliphatic heterocycles. The molecule has 0 amide bonds. The second kappa shape index (κ2) is 9.75. The number of para-hydroxylation sites is 1. The lowest BCUT2D eigenvalue weighted by Crippen LogP contribution is -2.31. The molecule has 1 aromatic carbocycles. The summed E-state index contributed by atoms with van der Waals surface area (Å²) in [6.45, 7) is 8.64. The molecule has 20 heavy (non-hydrogen) atoms. The van der Waals surface area contributed by atoms with Gasteiger partial charge in [-0.05, 0) is 27.0 Å². The monoisotopic (exact) mass is 280 g/mol. The van der Waals surface area contributed by atoms with E-state index in [1.165, 1.54) is 5.56 Å². The van der Waals surface area contributed by atoms with Crippen LogP contribution in [0.5, 0.6) is 5.75 Å². The lowest BCUT2D eigenvalue weighted by atomic mass is 10.2. The van der Waals surface area contributed by atoms with Crippen molar-refractivity contribution in [3.8, 4) is 5.75 Å². The lowest BCUT2D eigenvalue weighted by molar-refractivity contribution is 0.161. The number of hydrogen-bond donors (Lipinski definition) is 1. The molecule has 0 heterocycles. The summed E-state index contributed by atoms with van der Waals surface area (Å²) in [6.07, 6.45) is 0.205. The minimum atomic E-state index is 0.205. The molecule has 0 bridgehead atoms. The van der Waals surface area contributed by atoms with E-state index in [0.717, 1.165) is 38.5 Å². The van der Waals surface area contributed by atoms with Crippen LogP contribution in [0.15, 0.2) is 24.3 Å². The van der Waals surface area contributed by atoms with Crippen LogP contribution >= 0.6 is 0 Å². The molecule has 1 rings (SSSR count). The van der Waals surface area contributed by atoms with Crippen LogP contribution < -0.4 is 10.1 Å². The number of methoxy groups -OCH3 is 1. The molecule has 0 unspecified atom stereocenters. The van der Waals surface area contributed by atoms with Gasteiger partial charge in [-0.25, -0.2) is 0 Å². The van der Waals surface area contributed by atoms with Gasteiger partial charge >= 0.3 is 0 Å². The fourth-order valence-electron chi connectivity index (χ4n) is 1.87. The van der Waals surface area contributed by atoms with Gasteiger partial charge in [-0.3, -0.25) is 0 Å². The van der Waals surface area contributed by atoms with E-state index in [4.69, 9.17) is 9.47 Å². The topological polar surface area (TPSA) is 33.7 Å². The van der Waals surface area contributed by atoms with E-state index < -0.39 is 0 Å². The van der Waals surface area contributed by atoms with E-state index in [1.807, 2.05) is 12.1 Å². The standard InChI is InChI=1S/C16H28N2O2/c1-14(2)20-16-8-6-5-7-15(16)13-17-9-10-18(3)11-12-19-4/h5-8,14,17H,9-13H2,1-4H3. The maximum Gasteiger partial charge on any atom is 0.124 e. The van der Waals surface area contributed by atoms with E-state index in [1.54, 1.807) is 7.11 Å². The molecule has 4 heteroatoms. The Morgan fingerprint density at radius 1 is 1.20 bits per heavy atom. The second-order valence-corrected chi connectivity index (χ2v) is 5.25. The van der Waals surface area contributed by atoms with Gasteiger partial charge in [0.2, 0.25) is 0 Å². The third kappa shape index (κ3) is 6.89. The highest BCUT2D eigenvalue weighted by atomic mass is 16.5. The Hall–Kier alpha value is -1.10. The normalized spacial score (nSPS) is 11.3. The van der Waals surface area contributed by atoms with Gasteiger partial charge < -0.3 is 19.7 Å². The Kier molecular flexibility index (Phi) is 8.26. The number of likely N-dealkylation sites (N-methyl/N-ethyl adjacent to an activating group) is 1. The van der Waals surface area contributed by atoms with Crippen molar-refractivity contribution in [1.29, 1.82) is 0 Å². The molecular formula is C16H28N2O2. The maximum atomic E-state index is 5.81. The first-order valence-electron chi connectivity index (χ1n) is 7.26. The summed E-state index contributed by atoms with van der Waals surface area (Å²) in [5.41, 5.74) is 1.21. The average molecular weight is 280 g/mol. The lowest BCUT2D eigenvalue weighted by Gasteiger charge is -2.17.